The van der Waals surface area contributed by atoms with E-state index in [0.29, 0.717) is 36.0 Å². The van der Waals surface area contributed by atoms with E-state index in [-0.39, 0.29) is 4.90 Å². The quantitative estimate of drug-likeness (QED) is 0.769. The fraction of sp³-hybridized carbons (Fsp3) is 0.692. The topological polar surface area (TPSA) is 62.6 Å². The van der Waals surface area contributed by atoms with Crippen molar-refractivity contribution in [3.8, 4) is 0 Å². The number of furan rings is 1. The molecular formula is C13H21BrN2O3S. The molecule has 0 aromatic carbocycles. The number of nitrogens with one attached hydrogen (secondary N) is 1. The first-order chi connectivity index (χ1) is 9.48. The van der Waals surface area contributed by atoms with Gasteiger partial charge < -0.3 is 9.73 Å². The molecule has 1 heterocycles. The van der Waals surface area contributed by atoms with Gasteiger partial charge in [0.2, 0.25) is 10.0 Å². The summed E-state index contributed by atoms with van der Waals surface area (Å²) in [7, 11) is -1.69. The van der Waals surface area contributed by atoms with Gasteiger partial charge in [-0.15, -0.1) is 0 Å². The maximum Gasteiger partial charge on any atom is 0.247 e. The molecule has 1 aromatic heterocycles. The Labute approximate surface area is 128 Å². The highest BCUT2D eigenvalue weighted by atomic mass is 79.9. The molecule has 0 aliphatic heterocycles. The number of sulfonamides is 1. The molecule has 0 amide bonds. The van der Waals surface area contributed by atoms with Gasteiger partial charge >= 0.3 is 0 Å². The van der Waals surface area contributed by atoms with Gasteiger partial charge in [-0.2, -0.15) is 4.31 Å². The standard InChI is InChI=1S/C13H21BrN2O3S/c1-3-6-16(9-10-4-5-10)20(17,18)12-7-11(8-15-2)19-13(12)14/h7,10,15H,3-6,8-9H2,1-2H3. The van der Waals surface area contributed by atoms with E-state index in [9.17, 15) is 8.42 Å². The number of hydrogen-bond donors (Lipinski definition) is 1. The summed E-state index contributed by atoms with van der Waals surface area (Å²) in [4.78, 5) is 0.233. The van der Waals surface area contributed by atoms with Crippen molar-refractivity contribution < 1.29 is 12.8 Å². The van der Waals surface area contributed by atoms with E-state index in [4.69, 9.17) is 4.42 Å². The second kappa shape index (κ2) is 6.60. The molecule has 0 atom stereocenters. The van der Waals surface area contributed by atoms with Gasteiger partial charge in [0.25, 0.3) is 0 Å². The molecule has 0 unspecified atom stereocenters. The van der Waals surface area contributed by atoms with Crippen LogP contribution in [0.15, 0.2) is 20.0 Å². The van der Waals surface area contributed by atoms with E-state index in [0.717, 1.165) is 19.3 Å². The second-order valence-electron chi connectivity index (χ2n) is 5.19. The highest BCUT2D eigenvalue weighted by molar-refractivity contribution is 9.10. The summed E-state index contributed by atoms with van der Waals surface area (Å²) in [5.74, 6) is 1.14. The molecule has 7 heteroatoms. The molecule has 2 rings (SSSR count). The minimum Gasteiger partial charge on any atom is -0.452 e. The minimum absolute atomic E-state index is 0.233. The predicted molar refractivity (Wildman–Crippen MR) is 80.9 cm³/mol. The van der Waals surface area contributed by atoms with Crippen LogP contribution >= 0.6 is 15.9 Å². The van der Waals surface area contributed by atoms with Crippen LogP contribution in [0.2, 0.25) is 0 Å². The summed E-state index contributed by atoms with van der Waals surface area (Å²) >= 11 is 3.22. The molecule has 0 spiro atoms. The van der Waals surface area contributed by atoms with E-state index in [1.54, 1.807) is 17.4 Å². The van der Waals surface area contributed by atoms with Crippen molar-refractivity contribution >= 4 is 26.0 Å². The van der Waals surface area contributed by atoms with Gasteiger partial charge in [0.1, 0.15) is 10.7 Å². The number of rotatable bonds is 8. The van der Waals surface area contributed by atoms with Gasteiger partial charge in [-0.1, -0.05) is 6.92 Å². The molecular weight excluding hydrogens is 344 g/mol. The van der Waals surface area contributed by atoms with E-state index in [2.05, 4.69) is 21.2 Å². The molecule has 1 fully saturated rings. The van der Waals surface area contributed by atoms with Gasteiger partial charge in [0.15, 0.2) is 4.67 Å². The minimum atomic E-state index is -3.48. The normalized spacial score (nSPS) is 16.0. The van der Waals surface area contributed by atoms with E-state index >= 15 is 0 Å². The molecule has 114 valence electrons. The molecule has 20 heavy (non-hydrogen) atoms. The van der Waals surface area contributed by atoms with Gasteiger partial charge in [-0.25, -0.2) is 8.42 Å². The summed E-state index contributed by atoms with van der Waals surface area (Å²) in [6.07, 6.45) is 3.07. The van der Waals surface area contributed by atoms with Gasteiger partial charge in [-0.3, -0.25) is 0 Å². The molecule has 1 aliphatic rings. The van der Waals surface area contributed by atoms with Gasteiger partial charge in [-0.05, 0) is 48.2 Å². The molecule has 0 bridgehead atoms. The second-order valence-corrected chi connectivity index (χ2v) is 7.81. The molecule has 0 radical (unpaired) electrons. The van der Waals surface area contributed by atoms with Crippen molar-refractivity contribution in [1.82, 2.24) is 9.62 Å². The van der Waals surface area contributed by atoms with Crippen LogP contribution in [0.5, 0.6) is 0 Å². The Bertz CT molecular complexity index is 552. The molecule has 1 aromatic rings. The third-order valence-corrected chi connectivity index (χ3v) is 6.03. The average molecular weight is 365 g/mol. The summed E-state index contributed by atoms with van der Waals surface area (Å²) in [5, 5.41) is 2.95. The van der Waals surface area contributed by atoms with Crippen molar-refractivity contribution in [1.29, 1.82) is 0 Å². The van der Waals surface area contributed by atoms with Crippen molar-refractivity contribution in [2.75, 3.05) is 20.1 Å². The van der Waals surface area contributed by atoms with Crippen LogP contribution in [0, 0.1) is 5.92 Å². The lowest BCUT2D eigenvalue weighted by molar-refractivity contribution is 0.394. The van der Waals surface area contributed by atoms with E-state index < -0.39 is 10.0 Å². The van der Waals surface area contributed by atoms with Crippen molar-refractivity contribution in [2.45, 2.75) is 37.6 Å². The highest BCUT2D eigenvalue weighted by Gasteiger charge is 2.33. The third kappa shape index (κ3) is 3.63. The van der Waals surface area contributed by atoms with Crippen LogP contribution in [0.25, 0.3) is 0 Å². The Balaban J connectivity index is 2.25. The van der Waals surface area contributed by atoms with Crippen LogP contribution < -0.4 is 5.32 Å². The van der Waals surface area contributed by atoms with Crippen LogP contribution in [-0.4, -0.2) is 32.9 Å². The lowest BCUT2D eigenvalue weighted by atomic mass is 10.4. The van der Waals surface area contributed by atoms with Crippen LogP contribution in [0.4, 0.5) is 0 Å². The Morgan fingerprint density at radius 3 is 2.75 bits per heavy atom. The Morgan fingerprint density at radius 2 is 2.20 bits per heavy atom. The van der Waals surface area contributed by atoms with Crippen LogP contribution in [0.3, 0.4) is 0 Å². The zero-order chi connectivity index (χ0) is 14.8. The fourth-order valence-corrected chi connectivity index (χ4v) is 4.69. The number of nitrogens with zero attached hydrogens (tertiary/aromatic N) is 1. The largest absolute Gasteiger partial charge is 0.452 e. The third-order valence-electron chi connectivity index (χ3n) is 3.31. The maximum absolute atomic E-state index is 12.7. The molecule has 1 aliphatic carbocycles. The molecule has 5 nitrogen and oxygen atoms in total. The Hall–Kier alpha value is -0.370. The molecule has 1 N–H and O–H groups in total. The number of hydrogen-bond acceptors (Lipinski definition) is 4. The van der Waals surface area contributed by atoms with Crippen molar-refractivity contribution in [3.63, 3.8) is 0 Å². The lowest BCUT2D eigenvalue weighted by Crippen LogP contribution is -2.33. The first-order valence-electron chi connectivity index (χ1n) is 6.92. The summed E-state index contributed by atoms with van der Waals surface area (Å²) in [6.45, 7) is 3.67. The van der Waals surface area contributed by atoms with Crippen molar-refractivity contribution in [3.05, 3.63) is 16.5 Å². The first-order valence-corrected chi connectivity index (χ1v) is 9.15. The van der Waals surface area contributed by atoms with Crippen molar-refractivity contribution in [2.24, 2.45) is 5.92 Å². The Kier molecular flexibility index (Phi) is 5.28. The van der Waals surface area contributed by atoms with E-state index in [1.165, 1.54) is 0 Å². The van der Waals surface area contributed by atoms with Gasteiger partial charge in [0, 0.05) is 19.2 Å². The zero-order valence-electron chi connectivity index (χ0n) is 11.9. The fourth-order valence-electron chi connectivity index (χ4n) is 2.12. The van der Waals surface area contributed by atoms with E-state index in [1.807, 2.05) is 6.92 Å². The Morgan fingerprint density at radius 1 is 1.50 bits per heavy atom. The highest BCUT2D eigenvalue weighted by Crippen LogP contribution is 2.34. The van der Waals surface area contributed by atoms with Gasteiger partial charge in [0.05, 0.1) is 6.54 Å². The summed E-state index contributed by atoms with van der Waals surface area (Å²) in [6, 6.07) is 1.60. The van der Waals surface area contributed by atoms with Crippen LogP contribution in [0.1, 0.15) is 31.9 Å². The lowest BCUT2D eigenvalue weighted by Gasteiger charge is -2.20. The SMILES string of the molecule is CCCN(CC1CC1)S(=O)(=O)c1cc(CNC)oc1Br. The number of halogens is 1. The van der Waals surface area contributed by atoms with Crippen LogP contribution in [-0.2, 0) is 16.6 Å². The molecule has 1 saturated carbocycles. The smallest absolute Gasteiger partial charge is 0.247 e. The maximum atomic E-state index is 12.7. The summed E-state index contributed by atoms with van der Waals surface area (Å²) in [5.41, 5.74) is 0. The average Bonchev–Trinajstić information content (AvgIpc) is 3.12. The molecule has 0 saturated heterocycles. The zero-order valence-corrected chi connectivity index (χ0v) is 14.3. The monoisotopic (exact) mass is 364 g/mol. The summed E-state index contributed by atoms with van der Waals surface area (Å²) < 4.78 is 32.8. The first kappa shape index (κ1) is 16.0. The predicted octanol–water partition coefficient (Wildman–Crippen LogP) is 2.57.